The first-order valence-corrected chi connectivity index (χ1v) is 14.0. The molecule has 2 fully saturated rings. The Kier molecular flexibility index (Phi) is 7.36. The first-order chi connectivity index (χ1) is 17.4. The van der Waals surface area contributed by atoms with Crippen LogP contribution in [0.15, 0.2) is 42.7 Å². The van der Waals surface area contributed by atoms with Gasteiger partial charge in [0.05, 0.1) is 23.1 Å². The minimum absolute atomic E-state index is 0.179. The number of hydrogen-bond acceptors (Lipinski definition) is 8. The zero-order valence-electron chi connectivity index (χ0n) is 20.8. The second kappa shape index (κ2) is 10.7. The number of rotatable bonds is 7. The molecule has 1 aliphatic heterocycles. The van der Waals surface area contributed by atoms with E-state index >= 15 is 0 Å². The second-order valence-corrected chi connectivity index (χ2v) is 11.9. The van der Waals surface area contributed by atoms with E-state index in [1.807, 2.05) is 49.3 Å². The van der Waals surface area contributed by atoms with Crippen LogP contribution in [0.4, 0.5) is 5.69 Å². The number of anilines is 1. The first kappa shape index (κ1) is 24.9. The molecule has 0 radical (unpaired) electrons. The minimum atomic E-state index is -3.33. The minimum Gasteiger partial charge on any atom is -0.473 e. The standard InChI is InChI=1S/C26H33N5O4S/c1-30(2)20-10-8-19(9-11-20)23-16-24-25(28-13-12-27-24)26(29-23)35-18-21-17-31(14-15-34-21)36(32,33)22-6-4-3-5-7-22/h8-13,16,21-22H,3-7,14-15,17-18H2,1-2H3/t21-/m0/s1. The quantitative estimate of drug-likeness (QED) is 0.475. The Morgan fingerprint density at radius 1 is 1.08 bits per heavy atom. The van der Waals surface area contributed by atoms with Crippen LogP contribution in [-0.2, 0) is 14.8 Å². The molecule has 1 saturated heterocycles. The van der Waals surface area contributed by atoms with Crippen LogP contribution in [0.1, 0.15) is 32.1 Å². The SMILES string of the molecule is CN(C)c1ccc(-c2cc3nccnc3c(OC[C@@H]3CN(S(=O)(=O)C4CCCCC4)CCO3)n2)cc1. The summed E-state index contributed by atoms with van der Waals surface area (Å²) in [6.45, 7) is 1.21. The largest absolute Gasteiger partial charge is 0.473 e. The van der Waals surface area contributed by atoms with E-state index < -0.39 is 10.0 Å². The Balaban J connectivity index is 1.33. The third kappa shape index (κ3) is 5.30. The summed E-state index contributed by atoms with van der Waals surface area (Å²) < 4.78 is 40.0. The molecule has 36 heavy (non-hydrogen) atoms. The maximum atomic E-state index is 13.2. The van der Waals surface area contributed by atoms with Crippen LogP contribution in [0.5, 0.6) is 5.88 Å². The van der Waals surface area contributed by atoms with Gasteiger partial charge in [0, 0.05) is 50.8 Å². The average Bonchev–Trinajstić information content (AvgIpc) is 2.92. The third-order valence-corrected chi connectivity index (χ3v) is 9.31. The van der Waals surface area contributed by atoms with Crippen molar-refractivity contribution in [3.8, 4) is 17.1 Å². The van der Waals surface area contributed by atoms with Gasteiger partial charge in [0.15, 0.2) is 5.52 Å². The van der Waals surface area contributed by atoms with Gasteiger partial charge in [-0.25, -0.2) is 18.4 Å². The molecule has 1 aliphatic carbocycles. The predicted molar refractivity (Wildman–Crippen MR) is 140 cm³/mol. The second-order valence-electron chi connectivity index (χ2n) is 9.64. The van der Waals surface area contributed by atoms with Crippen LogP contribution in [0.25, 0.3) is 22.3 Å². The molecule has 1 saturated carbocycles. The number of pyridine rings is 1. The van der Waals surface area contributed by atoms with Gasteiger partial charge in [-0.15, -0.1) is 0 Å². The van der Waals surface area contributed by atoms with E-state index in [9.17, 15) is 8.42 Å². The molecule has 0 N–H and O–H groups in total. The fourth-order valence-corrected chi connectivity index (χ4v) is 6.95. The molecular weight excluding hydrogens is 478 g/mol. The first-order valence-electron chi connectivity index (χ1n) is 12.5. The van der Waals surface area contributed by atoms with Crippen LogP contribution in [0, 0.1) is 0 Å². The van der Waals surface area contributed by atoms with Crippen molar-refractivity contribution in [3.63, 3.8) is 0 Å². The third-order valence-electron chi connectivity index (χ3n) is 6.94. The van der Waals surface area contributed by atoms with E-state index in [0.717, 1.165) is 49.0 Å². The lowest BCUT2D eigenvalue weighted by molar-refractivity contribution is -0.0257. The summed E-state index contributed by atoms with van der Waals surface area (Å²) in [7, 11) is 0.668. The summed E-state index contributed by atoms with van der Waals surface area (Å²) in [6.07, 6.45) is 7.45. The molecular formula is C26H33N5O4S. The molecule has 0 spiro atoms. The van der Waals surface area contributed by atoms with Crippen LogP contribution in [-0.4, -0.2) is 79.4 Å². The lowest BCUT2D eigenvalue weighted by Gasteiger charge is -2.35. The van der Waals surface area contributed by atoms with Crippen molar-refractivity contribution in [2.75, 3.05) is 45.3 Å². The van der Waals surface area contributed by atoms with Gasteiger partial charge >= 0.3 is 0 Å². The van der Waals surface area contributed by atoms with Gasteiger partial charge in [-0.1, -0.05) is 31.4 Å². The van der Waals surface area contributed by atoms with Gasteiger partial charge in [0.25, 0.3) is 0 Å². The molecule has 3 aromatic rings. The van der Waals surface area contributed by atoms with Crippen LogP contribution < -0.4 is 9.64 Å². The monoisotopic (exact) mass is 511 g/mol. The van der Waals surface area contributed by atoms with Crippen molar-refractivity contribution in [1.82, 2.24) is 19.3 Å². The average molecular weight is 512 g/mol. The van der Waals surface area contributed by atoms with Gasteiger partial charge < -0.3 is 14.4 Å². The molecule has 2 aliphatic rings. The molecule has 0 bridgehead atoms. The van der Waals surface area contributed by atoms with Gasteiger partial charge in [-0.05, 0) is 31.0 Å². The van der Waals surface area contributed by atoms with Gasteiger partial charge in [-0.3, -0.25) is 4.98 Å². The number of fused-ring (bicyclic) bond motifs is 1. The van der Waals surface area contributed by atoms with E-state index in [2.05, 4.69) is 9.97 Å². The van der Waals surface area contributed by atoms with Crippen molar-refractivity contribution < 1.29 is 17.9 Å². The highest BCUT2D eigenvalue weighted by Crippen LogP contribution is 2.29. The zero-order valence-corrected chi connectivity index (χ0v) is 21.7. The lowest BCUT2D eigenvalue weighted by Crippen LogP contribution is -2.50. The van der Waals surface area contributed by atoms with Gasteiger partial charge in [-0.2, -0.15) is 4.31 Å². The Morgan fingerprint density at radius 3 is 2.58 bits per heavy atom. The van der Waals surface area contributed by atoms with Crippen LogP contribution >= 0.6 is 0 Å². The topological polar surface area (TPSA) is 97.8 Å². The maximum Gasteiger partial charge on any atom is 0.242 e. The molecule has 3 heterocycles. The normalized spacial score (nSPS) is 19.9. The number of benzene rings is 1. The molecule has 2 aromatic heterocycles. The molecule has 192 valence electrons. The zero-order chi connectivity index (χ0) is 25.1. The molecule has 1 aromatic carbocycles. The van der Waals surface area contributed by atoms with Crippen LogP contribution in [0.3, 0.4) is 0 Å². The number of ether oxygens (including phenoxy) is 2. The van der Waals surface area contributed by atoms with Crippen molar-refractivity contribution in [3.05, 3.63) is 42.7 Å². The Morgan fingerprint density at radius 2 is 1.83 bits per heavy atom. The summed E-state index contributed by atoms with van der Waals surface area (Å²) in [4.78, 5) is 15.7. The summed E-state index contributed by atoms with van der Waals surface area (Å²) in [6, 6.07) is 10.0. The van der Waals surface area contributed by atoms with Crippen molar-refractivity contribution >= 4 is 26.7 Å². The number of hydrogen-bond donors (Lipinski definition) is 0. The predicted octanol–water partition coefficient (Wildman–Crippen LogP) is 3.50. The van der Waals surface area contributed by atoms with E-state index in [1.54, 1.807) is 16.7 Å². The molecule has 0 unspecified atom stereocenters. The van der Waals surface area contributed by atoms with E-state index in [0.29, 0.717) is 30.1 Å². The highest BCUT2D eigenvalue weighted by molar-refractivity contribution is 7.89. The summed E-state index contributed by atoms with van der Waals surface area (Å²) in [5.74, 6) is 0.364. The lowest BCUT2D eigenvalue weighted by atomic mass is 10.0. The van der Waals surface area contributed by atoms with Crippen molar-refractivity contribution in [2.45, 2.75) is 43.5 Å². The summed E-state index contributed by atoms with van der Waals surface area (Å²) in [5.41, 5.74) is 4.01. The molecule has 10 heteroatoms. The van der Waals surface area contributed by atoms with Gasteiger partial charge in [0.1, 0.15) is 12.7 Å². The molecule has 1 atom stereocenters. The van der Waals surface area contributed by atoms with E-state index in [4.69, 9.17) is 14.5 Å². The van der Waals surface area contributed by atoms with Crippen molar-refractivity contribution in [2.24, 2.45) is 0 Å². The summed E-state index contributed by atoms with van der Waals surface area (Å²) >= 11 is 0. The Hall–Kier alpha value is -2.82. The Bertz CT molecular complexity index is 1290. The smallest absolute Gasteiger partial charge is 0.242 e. The van der Waals surface area contributed by atoms with E-state index in [-0.39, 0.29) is 24.5 Å². The fourth-order valence-electron chi connectivity index (χ4n) is 4.89. The van der Waals surface area contributed by atoms with Crippen LogP contribution in [0.2, 0.25) is 0 Å². The van der Waals surface area contributed by atoms with Crippen molar-refractivity contribution in [1.29, 1.82) is 0 Å². The van der Waals surface area contributed by atoms with Gasteiger partial charge in [0.2, 0.25) is 15.9 Å². The molecule has 9 nitrogen and oxygen atoms in total. The molecule has 5 rings (SSSR count). The molecule has 0 amide bonds. The number of morpholine rings is 1. The number of aromatic nitrogens is 3. The number of nitrogens with zero attached hydrogens (tertiary/aromatic N) is 5. The van der Waals surface area contributed by atoms with E-state index in [1.165, 1.54) is 0 Å². The highest BCUT2D eigenvalue weighted by atomic mass is 32.2. The summed E-state index contributed by atoms with van der Waals surface area (Å²) in [5, 5.41) is -0.276. The maximum absolute atomic E-state index is 13.2. The number of sulfonamides is 1. The Labute approximate surface area is 212 Å². The fraction of sp³-hybridized carbons (Fsp3) is 0.500. The highest BCUT2D eigenvalue weighted by Gasteiger charge is 2.36.